The highest BCUT2D eigenvalue weighted by Crippen LogP contribution is 2.33. The lowest BCUT2D eigenvalue weighted by Crippen LogP contribution is -2.25. The van der Waals surface area contributed by atoms with Crippen molar-refractivity contribution in [1.29, 1.82) is 0 Å². The Morgan fingerprint density at radius 1 is 1.21 bits per heavy atom. The molecule has 1 heterocycles. The molecule has 0 aliphatic heterocycles. The molecule has 0 unspecified atom stereocenters. The molecule has 0 amide bonds. The molecule has 130 valence electrons. The maximum atomic E-state index is 8.77. The van der Waals surface area contributed by atoms with Crippen molar-refractivity contribution in [2.24, 2.45) is 0 Å². The summed E-state index contributed by atoms with van der Waals surface area (Å²) in [5.74, 6) is 2.77. The number of aliphatic hydroxyl groups excluding tert-OH is 1. The van der Waals surface area contributed by atoms with Crippen LogP contribution in [0.5, 0.6) is 5.75 Å². The molecule has 0 spiro atoms. The highest BCUT2D eigenvalue weighted by Gasteiger charge is 2.26. The predicted molar refractivity (Wildman–Crippen MR) is 91.3 cm³/mol. The van der Waals surface area contributed by atoms with Crippen LogP contribution in [-0.4, -0.2) is 34.5 Å². The van der Waals surface area contributed by atoms with Crippen LogP contribution in [-0.2, 0) is 6.42 Å². The Labute approximate surface area is 142 Å². The normalized spacial score (nSPS) is 20.8. The van der Waals surface area contributed by atoms with Crippen molar-refractivity contribution in [2.75, 3.05) is 18.5 Å². The summed E-state index contributed by atoms with van der Waals surface area (Å²) in [5, 5.41) is 16.3. The van der Waals surface area contributed by atoms with Crippen molar-refractivity contribution < 1.29 is 14.4 Å². The molecule has 1 aliphatic rings. The number of ether oxygens (including phenoxy) is 1. The van der Waals surface area contributed by atoms with E-state index in [9.17, 15) is 0 Å². The van der Waals surface area contributed by atoms with Crippen LogP contribution in [0, 0.1) is 0 Å². The van der Waals surface area contributed by atoms with E-state index in [1.54, 1.807) is 0 Å². The first-order valence-corrected chi connectivity index (χ1v) is 8.71. The number of nitrogens with zero attached hydrogens (tertiary/aromatic N) is 2. The molecule has 24 heavy (non-hydrogen) atoms. The van der Waals surface area contributed by atoms with Gasteiger partial charge in [0.15, 0.2) is 5.82 Å². The van der Waals surface area contributed by atoms with Crippen LogP contribution < -0.4 is 10.1 Å². The first-order chi connectivity index (χ1) is 11.8. The van der Waals surface area contributed by atoms with Crippen LogP contribution in [0.2, 0.25) is 0 Å². The van der Waals surface area contributed by atoms with Gasteiger partial charge >= 0.3 is 0 Å². The Hall–Kier alpha value is -2.08. The molecule has 3 rings (SSSR count). The second kappa shape index (κ2) is 8.15. The Morgan fingerprint density at radius 2 is 1.96 bits per heavy atom. The number of rotatable bonds is 7. The largest absolute Gasteiger partial charge is 0.491 e. The number of hydrogen-bond acceptors (Lipinski definition) is 6. The topological polar surface area (TPSA) is 80.4 Å². The third kappa shape index (κ3) is 4.26. The van der Waals surface area contributed by atoms with Gasteiger partial charge in [-0.1, -0.05) is 12.1 Å². The molecule has 1 aliphatic carbocycles. The number of benzene rings is 1. The van der Waals surface area contributed by atoms with Crippen LogP contribution in [0.4, 0.5) is 5.69 Å². The summed E-state index contributed by atoms with van der Waals surface area (Å²) in [6.07, 6.45) is 5.15. The van der Waals surface area contributed by atoms with E-state index in [2.05, 4.69) is 15.5 Å². The molecule has 2 aromatic rings. The first kappa shape index (κ1) is 16.8. The van der Waals surface area contributed by atoms with Gasteiger partial charge in [-0.15, -0.1) is 0 Å². The molecule has 1 saturated carbocycles. The molecular weight excluding hydrogens is 306 g/mol. The molecule has 6 nitrogen and oxygen atoms in total. The third-order valence-corrected chi connectivity index (χ3v) is 4.46. The minimum absolute atomic E-state index is 0.0308. The van der Waals surface area contributed by atoms with Crippen molar-refractivity contribution in [3.63, 3.8) is 0 Å². The Bertz CT molecular complexity index is 619. The fraction of sp³-hybridized carbons (Fsp3) is 0.556. The lowest BCUT2D eigenvalue weighted by atomic mass is 9.86. The number of hydrogen-bond donors (Lipinski definition) is 2. The van der Waals surface area contributed by atoms with Crippen LogP contribution in [0.25, 0.3) is 0 Å². The molecule has 6 heteroatoms. The number of aliphatic hydroxyl groups is 1. The third-order valence-electron chi connectivity index (χ3n) is 4.46. The van der Waals surface area contributed by atoms with E-state index in [4.69, 9.17) is 14.4 Å². The summed E-state index contributed by atoms with van der Waals surface area (Å²) in [6, 6.07) is 8.36. The molecular formula is C18H25N3O3. The van der Waals surface area contributed by atoms with Crippen LogP contribution in [0.15, 0.2) is 28.8 Å². The summed E-state index contributed by atoms with van der Waals surface area (Å²) in [7, 11) is 0. The SMILES string of the molecule is CCc1noc(C2CCC(Nc3ccc(OCCO)cc3)CC2)n1. The average Bonchev–Trinajstić information content (AvgIpc) is 3.11. The van der Waals surface area contributed by atoms with Crippen molar-refractivity contribution in [2.45, 2.75) is 51.0 Å². The number of anilines is 1. The standard InChI is InChI=1S/C18H25N3O3/c1-2-17-20-18(24-21-17)13-3-5-14(6-4-13)19-15-7-9-16(10-8-15)23-12-11-22/h7-10,13-14,19,22H,2-6,11-12H2,1H3. The van der Waals surface area contributed by atoms with Crippen LogP contribution >= 0.6 is 0 Å². The van der Waals surface area contributed by atoms with E-state index >= 15 is 0 Å². The molecule has 0 saturated heterocycles. The predicted octanol–water partition coefficient (Wildman–Crippen LogP) is 3.14. The van der Waals surface area contributed by atoms with E-state index in [1.807, 2.05) is 31.2 Å². The zero-order valence-corrected chi connectivity index (χ0v) is 14.1. The van der Waals surface area contributed by atoms with E-state index in [-0.39, 0.29) is 6.61 Å². The van der Waals surface area contributed by atoms with Gasteiger partial charge in [-0.2, -0.15) is 4.98 Å². The number of aromatic nitrogens is 2. The van der Waals surface area contributed by atoms with Gasteiger partial charge < -0.3 is 19.7 Å². The summed E-state index contributed by atoms with van der Waals surface area (Å²) >= 11 is 0. The van der Waals surface area contributed by atoms with Crippen molar-refractivity contribution in [3.05, 3.63) is 36.0 Å². The Kier molecular flexibility index (Phi) is 5.69. The minimum Gasteiger partial charge on any atom is -0.491 e. The number of nitrogens with one attached hydrogen (secondary N) is 1. The fourth-order valence-corrected chi connectivity index (χ4v) is 3.11. The lowest BCUT2D eigenvalue weighted by molar-refractivity contribution is 0.201. The van der Waals surface area contributed by atoms with Gasteiger partial charge in [-0.25, -0.2) is 0 Å². The van der Waals surface area contributed by atoms with Gasteiger partial charge in [0.2, 0.25) is 5.89 Å². The fourth-order valence-electron chi connectivity index (χ4n) is 3.11. The lowest BCUT2D eigenvalue weighted by Gasteiger charge is -2.28. The molecule has 0 bridgehead atoms. The van der Waals surface area contributed by atoms with Gasteiger partial charge in [-0.3, -0.25) is 0 Å². The quantitative estimate of drug-likeness (QED) is 0.811. The maximum Gasteiger partial charge on any atom is 0.229 e. The zero-order valence-electron chi connectivity index (χ0n) is 14.1. The van der Waals surface area contributed by atoms with Gasteiger partial charge in [0.1, 0.15) is 12.4 Å². The molecule has 2 N–H and O–H groups in total. The molecule has 0 radical (unpaired) electrons. The smallest absolute Gasteiger partial charge is 0.229 e. The average molecular weight is 331 g/mol. The zero-order chi connectivity index (χ0) is 16.8. The Balaban J connectivity index is 1.48. The van der Waals surface area contributed by atoms with Crippen molar-refractivity contribution in [3.8, 4) is 5.75 Å². The van der Waals surface area contributed by atoms with Crippen molar-refractivity contribution >= 4 is 5.69 Å². The van der Waals surface area contributed by atoms with Gasteiger partial charge in [0, 0.05) is 24.1 Å². The summed E-state index contributed by atoms with van der Waals surface area (Å²) < 4.78 is 10.8. The second-order valence-electron chi connectivity index (χ2n) is 6.19. The van der Waals surface area contributed by atoms with Crippen LogP contribution in [0.3, 0.4) is 0 Å². The van der Waals surface area contributed by atoms with Gasteiger partial charge in [0.25, 0.3) is 0 Å². The molecule has 0 atom stereocenters. The first-order valence-electron chi connectivity index (χ1n) is 8.71. The number of aryl methyl sites for hydroxylation is 1. The van der Waals surface area contributed by atoms with E-state index in [1.165, 1.54) is 0 Å². The molecule has 1 aromatic heterocycles. The van der Waals surface area contributed by atoms with E-state index in [0.717, 1.165) is 55.3 Å². The van der Waals surface area contributed by atoms with E-state index in [0.29, 0.717) is 18.6 Å². The van der Waals surface area contributed by atoms with Gasteiger partial charge in [0.05, 0.1) is 6.61 Å². The monoisotopic (exact) mass is 331 g/mol. The highest BCUT2D eigenvalue weighted by molar-refractivity contribution is 5.47. The maximum absolute atomic E-state index is 8.77. The second-order valence-corrected chi connectivity index (χ2v) is 6.19. The summed E-state index contributed by atoms with van der Waals surface area (Å²) in [5.41, 5.74) is 1.10. The molecule has 1 aromatic carbocycles. The summed E-state index contributed by atoms with van der Waals surface area (Å²) in [4.78, 5) is 4.47. The Morgan fingerprint density at radius 3 is 2.58 bits per heavy atom. The van der Waals surface area contributed by atoms with Gasteiger partial charge in [-0.05, 0) is 49.9 Å². The molecule has 1 fully saturated rings. The van der Waals surface area contributed by atoms with Crippen molar-refractivity contribution in [1.82, 2.24) is 10.1 Å². The summed E-state index contributed by atoms with van der Waals surface area (Å²) in [6.45, 7) is 2.39. The highest BCUT2D eigenvalue weighted by atomic mass is 16.5. The van der Waals surface area contributed by atoms with E-state index < -0.39 is 0 Å². The minimum atomic E-state index is 0.0308. The van der Waals surface area contributed by atoms with Crippen LogP contribution in [0.1, 0.15) is 50.2 Å².